The van der Waals surface area contributed by atoms with Gasteiger partial charge in [-0.15, -0.1) is 0 Å². The Balaban J connectivity index is 1.53. The first kappa shape index (κ1) is 23.0. The Morgan fingerprint density at radius 1 is 0.800 bits per heavy atom. The molecular weight excluding hydrogens is 372 g/mol. The summed E-state index contributed by atoms with van der Waals surface area (Å²) in [6, 6.07) is 0.513. The molecule has 3 atom stereocenters. The molecule has 0 aromatic rings. The quantitative estimate of drug-likeness (QED) is 0.436. The van der Waals surface area contributed by atoms with E-state index < -0.39 is 6.23 Å². The van der Waals surface area contributed by atoms with E-state index in [0.29, 0.717) is 6.04 Å². The van der Waals surface area contributed by atoms with Crippen LogP contribution >= 0.6 is 0 Å². The molecule has 4 nitrogen and oxygen atoms in total. The zero-order chi connectivity index (χ0) is 21.0. The summed E-state index contributed by atoms with van der Waals surface area (Å²) in [5.41, 5.74) is 0.853. The van der Waals surface area contributed by atoms with E-state index in [-0.39, 0.29) is 17.9 Å². The third kappa shape index (κ3) is 7.88. The molecule has 1 amide bonds. The van der Waals surface area contributed by atoms with Gasteiger partial charge in [0.05, 0.1) is 0 Å². The van der Waals surface area contributed by atoms with Crippen LogP contribution in [0.5, 0.6) is 0 Å². The molecule has 0 aromatic carbocycles. The lowest BCUT2D eigenvalue weighted by molar-refractivity contribution is -0.126. The van der Waals surface area contributed by atoms with Crippen LogP contribution in [-0.2, 0) is 4.79 Å². The van der Waals surface area contributed by atoms with Crippen LogP contribution in [0.1, 0.15) is 83.5 Å². The highest BCUT2D eigenvalue weighted by Gasteiger charge is 2.28. The molecule has 30 heavy (non-hydrogen) atoms. The van der Waals surface area contributed by atoms with E-state index in [1.54, 1.807) is 0 Å². The van der Waals surface area contributed by atoms with Crippen molar-refractivity contribution in [3.8, 4) is 0 Å². The van der Waals surface area contributed by atoms with Crippen molar-refractivity contribution in [2.75, 3.05) is 0 Å². The maximum atomic E-state index is 13.1. The lowest BCUT2D eigenvalue weighted by Crippen LogP contribution is -2.43. The van der Waals surface area contributed by atoms with E-state index in [0.717, 1.165) is 50.5 Å². The molecule has 4 heteroatoms. The van der Waals surface area contributed by atoms with Gasteiger partial charge in [-0.2, -0.15) is 0 Å². The Labute approximate surface area is 182 Å². The number of carbonyl (C=O) groups is 1. The molecule has 0 bridgehead atoms. The summed E-state index contributed by atoms with van der Waals surface area (Å²) in [5.74, 6) is 0.287. The summed E-state index contributed by atoms with van der Waals surface area (Å²) < 4.78 is 0. The molecule has 166 valence electrons. The third-order valence-corrected chi connectivity index (χ3v) is 6.73. The molecule has 2 saturated carbocycles. The van der Waals surface area contributed by atoms with Crippen molar-refractivity contribution < 1.29 is 9.90 Å². The molecule has 3 rings (SSSR count). The average Bonchev–Trinajstić information content (AvgIpc) is 2.85. The Bertz CT molecular complexity index is 639. The number of allylic oxidation sites excluding steroid dienone is 6. The van der Waals surface area contributed by atoms with Crippen molar-refractivity contribution in [1.82, 2.24) is 10.6 Å². The van der Waals surface area contributed by atoms with Crippen molar-refractivity contribution in [2.24, 2.45) is 5.92 Å². The first-order chi connectivity index (χ1) is 14.7. The Morgan fingerprint density at radius 2 is 1.40 bits per heavy atom. The van der Waals surface area contributed by atoms with Gasteiger partial charge in [-0.3, -0.25) is 10.1 Å². The Kier molecular flexibility index (Phi) is 9.91. The molecule has 3 N–H and O–H groups in total. The van der Waals surface area contributed by atoms with Crippen LogP contribution in [0.25, 0.3) is 0 Å². The van der Waals surface area contributed by atoms with Gasteiger partial charge in [0.15, 0.2) is 0 Å². The van der Waals surface area contributed by atoms with E-state index in [4.69, 9.17) is 0 Å². The summed E-state index contributed by atoms with van der Waals surface area (Å²) in [5, 5.41) is 17.5. The maximum Gasteiger partial charge on any atom is 0.223 e. The van der Waals surface area contributed by atoms with Crippen molar-refractivity contribution in [3.63, 3.8) is 0 Å². The largest absolute Gasteiger partial charge is 0.374 e. The number of rotatable bonds is 5. The van der Waals surface area contributed by atoms with Gasteiger partial charge in [-0.05, 0) is 37.7 Å². The van der Waals surface area contributed by atoms with Gasteiger partial charge in [-0.1, -0.05) is 93.9 Å². The molecule has 3 aliphatic rings. The zero-order valence-electron chi connectivity index (χ0n) is 18.4. The molecule has 0 aliphatic heterocycles. The number of aliphatic hydroxyl groups excluding tert-OH is 1. The van der Waals surface area contributed by atoms with Crippen molar-refractivity contribution >= 4 is 5.91 Å². The highest BCUT2D eigenvalue weighted by atomic mass is 16.3. The second-order valence-corrected chi connectivity index (χ2v) is 9.18. The minimum Gasteiger partial charge on any atom is -0.374 e. The SMILES string of the molecule is O=C(NC1CCCCCCCC1)C1CCCCC(NC(O)C2=C/C=C\C=C/C=C\2)C1. The molecule has 2 fully saturated rings. The number of nitrogens with one attached hydrogen (secondary N) is 2. The number of hydrogen-bond acceptors (Lipinski definition) is 3. The van der Waals surface area contributed by atoms with Gasteiger partial charge in [0.25, 0.3) is 0 Å². The maximum absolute atomic E-state index is 13.1. The van der Waals surface area contributed by atoms with Crippen LogP contribution in [0, 0.1) is 5.92 Å². The Morgan fingerprint density at radius 3 is 2.20 bits per heavy atom. The Hall–Kier alpha value is -1.65. The zero-order valence-corrected chi connectivity index (χ0v) is 18.4. The third-order valence-electron chi connectivity index (χ3n) is 6.73. The monoisotopic (exact) mass is 412 g/mol. The lowest BCUT2D eigenvalue weighted by Gasteiger charge is -2.26. The summed E-state index contributed by atoms with van der Waals surface area (Å²) in [7, 11) is 0. The predicted molar refractivity (Wildman–Crippen MR) is 124 cm³/mol. The fourth-order valence-electron chi connectivity index (χ4n) is 4.93. The minimum atomic E-state index is -0.710. The van der Waals surface area contributed by atoms with E-state index in [1.807, 2.05) is 42.5 Å². The standard InChI is InChI=1S/C26H40N2O2/c29-25(21-14-8-4-3-5-9-15-21)28-24-19-13-12-16-22(20-24)26(30)27-23-17-10-6-1-2-7-11-18-23/h3-5,8-9,14-15,22-25,28-29H,1-2,6-7,10-13,16-20H2,(H,27,30)/b4-3-,5-3?,8-4?,9-5-,14-8-,15-9?,21-14?,21-15+. The fraction of sp³-hybridized carbons (Fsp3) is 0.654. The van der Waals surface area contributed by atoms with Gasteiger partial charge < -0.3 is 10.4 Å². The minimum absolute atomic E-state index is 0.0505. The van der Waals surface area contributed by atoms with Crippen molar-refractivity contribution in [2.45, 2.75) is 102 Å². The van der Waals surface area contributed by atoms with Crippen LogP contribution in [0.3, 0.4) is 0 Å². The predicted octanol–water partition coefficient (Wildman–Crippen LogP) is 5.07. The van der Waals surface area contributed by atoms with Gasteiger partial charge >= 0.3 is 0 Å². The summed E-state index contributed by atoms with van der Waals surface area (Å²) >= 11 is 0. The van der Waals surface area contributed by atoms with Gasteiger partial charge in [0.2, 0.25) is 5.91 Å². The molecule has 0 saturated heterocycles. The molecule has 3 aliphatic carbocycles. The second-order valence-electron chi connectivity index (χ2n) is 9.18. The van der Waals surface area contributed by atoms with Crippen LogP contribution in [0.2, 0.25) is 0 Å². The molecule has 0 aromatic heterocycles. The normalized spacial score (nSPS) is 32.5. The number of amides is 1. The molecule has 0 heterocycles. The topological polar surface area (TPSA) is 61.4 Å². The smallest absolute Gasteiger partial charge is 0.223 e. The molecular formula is C26H40N2O2. The highest BCUT2D eigenvalue weighted by Crippen LogP contribution is 2.25. The lowest BCUT2D eigenvalue weighted by atomic mass is 9.95. The second kappa shape index (κ2) is 12.9. The number of carbonyl (C=O) groups excluding carboxylic acids is 1. The number of hydrogen-bond donors (Lipinski definition) is 3. The van der Waals surface area contributed by atoms with Crippen LogP contribution < -0.4 is 10.6 Å². The van der Waals surface area contributed by atoms with Gasteiger partial charge in [0, 0.05) is 18.0 Å². The summed E-state index contributed by atoms with van der Waals surface area (Å²) in [6.07, 6.45) is 27.9. The highest BCUT2D eigenvalue weighted by molar-refractivity contribution is 5.79. The van der Waals surface area contributed by atoms with E-state index in [2.05, 4.69) is 10.6 Å². The first-order valence-electron chi connectivity index (χ1n) is 12.2. The van der Waals surface area contributed by atoms with E-state index in [9.17, 15) is 9.90 Å². The van der Waals surface area contributed by atoms with Crippen molar-refractivity contribution in [3.05, 3.63) is 48.1 Å². The van der Waals surface area contributed by atoms with Crippen LogP contribution in [-0.4, -0.2) is 29.3 Å². The average molecular weight is 413 g/mol. The van der Waals surface area contributed by atoms with Gasteiger partial charge in [0.1, 0.15) is 6.23 Å². The molecule has 0 radical (unpaired) electrons. The summed E-state index contributed by atoms with van der Waals surface area (Å²) in [6.45, 7) is 0. The molecule has 0 spiro atoms. The fourth-order valence-corrected chi connectivity index (χ4v) is 4.93. The van der Waals surface area contributed by atoms with Crippen molar-refractivity contribution in [1.29, 1.82) is 0 Å². The first-order valence-corrected chi connectivity index (χ1v) is 12.2. The van der Waals surface area contributed by atoms with E-state index in [1.165, 1.54) is 38.5 Å². The summed E-state index contributed by atoms with van der Waals surface area (Å²) in [4.78, 5) is 13.1. The van der Waals surface area contributed by atoms with Crippen LogP contribution in [0.4, 0.5) is 0 Å². The van der Waals surface area contributed by atoms with Gasteiger partial charge in [-0.25, -0.2) is 0 Å². The number of aliphatic hydroxyl groups is 1. The van der Waals surface area contributed by atoms with Crippen LogP contribution in [0.15, 0.2) is 48.1 Å². The van der Waals surface area contributed by atoms with E-state index >= 15 is 0 Å². The molecule has 3 unspecified atom stereocenters.